The molecule has 3 nitrogen and oxygen atoms in total. The van der Waals surface area contributed by atoms with Crippen LogP contribution in [-0.4, -0.2) is 31.2 Å². The van der Waals surface area contributed by atoms with E-state index in [1.54, 1.807) is 0 Å². The normalized spacial score (nSPS) is 20.6. The van der Waals surface area contributed by atoms with E-state index in [4.69, 9.17) is 10.5 Å². The first-order chi connectivity index (χ1) is 7.79. The third kappa shape index (κ3) is 2.82. The Kier molecular flexibility index (Phi) is 3.93. The van der Waals surface area contributed by atoms with Crippen molar-refractivity contribution in [3.05, 3.63) is 35.4 Å². The van der Waals surface area contributed by atoms with Crippen LogP contribution in [0, 0.1) is 0 Å². The van der Waals surface area contributed by atoms with Gasteiger partial charge in [-0.3, -0.25) is 4.90 Å². The van der Waals surface area contributed by atoms with Gasteiger partial charge in [-0.15, -0.1) is 0 Å². The molecule has 16 heavy (non-hydrogen) atoms. The molecule has 0 saturated carbocycles. The first kappa shape index (κ1) is 11.6. The quantitative estimate of drug-likeness (QED) is 0.833. The molecule has 0 amide bonds. The number of rotatable bonds is 4. The summed E-state index contributed by atoms with van der Waals surface area (Å²) in [7, 11) is 2.16. The van der Waals surface area contributed by atoms with E-state index in [-0.39, 0.29) is 0 Å². The Hall–Kier alpha value is -0.900. The van der Waals surface area contributed by atoms with E-state index in [1.165, 1.54) is 11.1 Å². The summed E-state index contributed by atoms with van der Waals surface area (Å²) in [5.74, 6) is 0. The molecule has 1 aliphatic heterocycles. The molecule has 0 aliphatic carbocycles. The summed E-state index contributed by atoms with van der Waals surface area (Å²) >= 11 is 0. The number of nitrogens with two attached hydrogens (primary N) is 1. The summed E-state index contributed by atoms with van der Waals surface area (Å²) in [6.07, 6.45) is 1.15. The van der Waals surface area contributed by atoms with Crippen molar-refractivity contribution in [1.82, 2.24) is 4.90 Å². The number of hydrogen-bond donors (Lipinski definition) is 1. The van der Waals surface area contributed by atoms with Gasteiger partial charge in [-0.1, -0.05) is 24.3 Å². The Labute approximate surface area is 97.2 Å². The Balaban J connectivity index is 1.92. The summed E-state index contributed by atoms with van der Waals surface area (Å²) in [6, 6.07) is 9.11. The van der Waals surface area contributed by atoms with Crippen LogP contribution in [0.15, 0.2) is 24.3 Å². The van der Waals surface area contributed by atoms with Gasteiger partial charge >= 0.3 is 0 Å². The minimum Gasteiger partial charge on any atom is -0.380 e. The monoisotopic (exact) mass is 220 g/mol. The number of benzene rings is 1. The van der Waals surface area contributed by atoms with Crippen LogP contribution in [0.4, 0.5) is 0 Å². The number of nitrogens with zero attached hydrogens (tertiary/aromatic N) is 1. The van der Waals surface area contributed by atoms with Crippen LogP contribution in [0.2, 0.25) is 0 Å². The lowest BCUT2D eigenvalue weighted by Gasteiger charge is -2.22. The van der Waals surface area contributed by atoms with Gasteiger partial charge in [0.25, 0.3) is 0 Å². The molecule has 3 heteroatoms. The molecule has 2 rings (SSSR count). The van der Waals surface area contributed by atoms with Gasteiger partial charge < -0.3 is 10.5 Å². The molecule has 1 saturated heterocycles. The van der Waals surface area contributed by atoms with Crippen molar-refractivity contribution in [2.24, 2.45) is 5.73 Å². The van der Waals surface area contributed by atoms with Gasteiger partial charge in [0.15, 0.2) is 0 Å². The lowest BCUT2D eigenvalue weighted by atomic mass is 10.1. The van der Waals surface area contributed by atoms with Crippen molar-refractivity contribution >= 4 is 0 Å². The van der Waals surface area contributed by atoms with Crippen molar-refractivity contribution in [2.45, 2.75) is 25.6 Å². The first-order valence-electron chi connectivity index (χ1n) is 5.85. The highest BCUT2D eigenvalue weighted by Gasteiger charge is 2.19. The van der Waals surface area contributed by atoms with Gasteiger partial charge in [0.05, 0.1) is 6.61 Å². The highest BCUT2D eigenvalue weighted by Crippen LogP contribution is 2.14. The Morgan fingerprint density at radius 2 is 2.00 bits per heavy atom. The summed E-state index contributed by atoms with van der Waals surface area (Å²) in [5.41, 5.74) is 8.10. The van der Waals surface area contributed by atoms with Crippen LogP contribution in [0.25, 0.3) is 0 Å². The van der Waals surface area contributed by atoms with Gasteiger partial charge in [0.1, 0.15) is 0 Å². The van der Waals surface area contributed by atoms with E-state index in [0.29, 0.717) is 12.6 Å². The molecule has 1 aromatic carbocycles. The van der Waals surface area contributed by atoms with Crippen molar-refractivity contribution in [3.8, 4) is 0 Å². The maximum absolute atomic E-state index is 5.57. The molecule has 0 bridgehead atoms. The molecule has 1 aromatic rings. The molecule has 1 unspecified atom stereocenters. The average Bonchev–Trinajstić information content (AvgIpc) is 2.83. The maximum Gasteiger partial charge on any atom is 0.0622 e. The molecule has 1 aliphatic rings. The first-order valence-corrected chi connectivity index (χ1v) is 5.85. The second-order valence-corrected chi connectivity index (χ2v) is 4.45. The summed E-state index contributed by atoms with van der Waals surface area (Å²) < 4.78 is 5.39. The van der Waals surface area contributed by atoms with Crippen LogP contribution in [0.5, 0.6) is 0 Å². The Morgan fingerprint density at radius 3 is 2.56 bits per heavy atom. The fraction of sp³-hybridized carbons (Fsp3) is 0.538. The van der Waals surface area contributed by atoms with Gasteiger partial charge in [-0.05, 0) is 24.6 Å². The highest BCUT2D eigenvalue weighted by molar-refractivity contribution is 5.22. The largest absolute Gasteiger partial charge is 0.380 e. The molecule has 2 N–H and O–H groups in total. The van der Waals surface area contributed by atoms with Crippen molar-refractivity contribution < 1.29 is 4.74 Å². The predicted octanol–water partition coefficient (Wildman–Crippen LogP) is 1.37. The molecule has 1 atom stereocenters. The molecule has 0 spiro atoms. The minimum atomic E-state index is 0.578. The SMILES string of the molecule is CN(Cc1ccc(CN)cc1)C1CCOC1. The minimum absolute atomic E-state index is 0.578. The molecule has 88 valence electrons. The van der Waals surface area contributed by atoms with E-state index in [2.05, 4.69) is 36.2 Å². The molecule has 0 aromatic heterocycles. The topological polar surface area (TPSA) is 38.5 Å². The molecule has 1 fully saturated rings. The lowest BCUT2D eigenvalue weighted by molar-refractivity contribution is 0.156. The molecular formula is C13H20N2O. The van der Waals surface area contributed by atoms with Crippen LogP contribution < -0.4 is 5.73 Å². The number of ether oxygens (including phenoxy) is 1. The van der Waals surface area contributed by atoms with Gasteiger partial charge in [0.2, 0.25) is 0 Å². The van der Waals surface area contributed by atoms with E-state index in [1.807, 2.05) is 0 Å². The van der Waals surface area contributed by atoms with Crippen LogP contribution in [0.1, 0.15) is 17.5 Å². The fourth-order valence-corrected chi connectivity index (χ4v) is 2.07. The second-order valence-electron chi connectivity index (χ2n) is 4.45. The second kappa shape index (κ2) is 5.43. The third-order valence-electron chi connectivity index (χ3n) is 3.22. The molecular weight excluding hydrogens is 200 g/mol. The average molecular weight is 220 g/mol. The zero-order valence-corrected chi connectivity index (χ0v) is 9.86. The van der Waals surface area contributed by atoms with Crippen LogP contribution in [0.3, 0.4) is 0 Å². The molecule has 1 heterocycles. The predicted molar refractivity (Wildman–Crippen MR) is 65.0 cm³/mol. The van der Waals surface area contributed by atoms with Crippen LogP contribution >= 0.6 is 0 Å². The van der Waals surface area contributed by atoms with E-state index < -0.39 is 0 Å². The Morgan fingerprint density at radius 1 is 1.31 bits per heavy atom. The summed E-state index contributed by atoms with van der Waals surface area (Å²) in [5, 5.41) is 0. The lowest BCUT2D eigenvalue weighted by Crippen LogP contribution is -2.31. The zero-order valence-electron chi connectivity index (χ0n) is 9.86. The van der Waals surface area contributed by atoms with Crippen molar-refractivity contribution in [2.75, 3.05) is 20.3 Å². The molecule has 0 radical (unpaired) electrons. The standard InChI is InChI=1S/C13H20N2O/c1-15(13-6-7-16-10-13)9-12-4-2-11(8-14)3-5-12/h2-5,13H,6-10,14H2,1H3. The summed E-state index contributed by atoms with van der Waals surface area (Å²) in [6.45, 7) is 3.38. The number of likely N-dealkylation sites (N-methyl/N-ethyl adjacent to an activating group) is 1. The summed E-state index contributed by atoms with van der Waals surface area (Å²) in [4.78, 5) is 2.37. The van der Waals surface area contributed by atoms with Gasteiger partial charge in [-0.2, -0.15) is 0 Å². The van der Waals surface area contributed by atoms with E-state index in [9.17, 15) is 0 Å². The van der Waals surface area contributed by atoms with E-state index in [0.717, 1.165) is 26.2 Å². The smallest absolute Gasteiger partial charge is 0.0622 e. The van der Waals surface area contributed by atoms with Crippen molar-refractivity contribution in [1.29, 1.82) is 0 Å². The maximum atomic E-state index is 5.57. The zero-order chi connectivity index (χ0) is 11.4. The van der Waals surface area contributed by atoms with E-state index >= 15 is 0 Å². The van der Waals surface area contributed by atoms with Crippen molar-refractivity contribution in [3.63, 3.8) is 0 Å². The Bertz CT molecular complexity index is 317. The van der Waals surface area contributed by atoms with Gasteiger partial charge in [0, 0.05) is 25.7 Å². The van der Waals surface area contributed by atoms with Gasteiger partial charge in [-0.25, -0.2) is 0 Å². The number of hydrogen-bond acceptors (Lipinski definition) is 3. The fourth-order valence-electron chi connectivity index (χ4n) is 2.07. The highest BCUT2D eigenvalue weighted by atomic mass is 16.5. The third-order valence-corrected chi connectivity index (χ3v) is 3.22. The van der Waals surface area contributed by atoms with Crippen LogP contribution in [-0.2, 0) is 17.8 Å².